The third kappa shape index (κ3) is 5.28. The van der Waals surface area contributed by atoms with E-state index in [9.17, 15) is 4.79 Å². The van der Waals surface area contributed by atoms with Crippen LogP contribution in [-0.4, -0.2) is 22.6 Å². The fourth-order valence-electron chi connectivity index (χ4n) is 3.22. The Morgan fingerprint density at radius 3 is 2.42 bits per heavy atom. The van der Waals surface area contributed by atoms with E-state index in [0.29, 0.717) is 33.6 Å². The maximum absolute atomic E-state index is 12.4. The molecular weight excluding hydrogens is 453 g/mol. The first-order valence-electron chi connectivity index (χ1n) is 9.63. The third-order valence-corrected chi connectivity index (χ3v) is 5.61. The van der Waals surface area contributed by atoms with Crippen molar-refractivity contribution in [1.29, 1.82) is 0 Å². The second kappa shape index (κ2) is 9.56. The highest BCUT2D eigenvalue weighted by Gasteiger charge is 2.11. The van der Waals surface area contributed by atoms with Crippen LogP contribution < -0.4 is 5.32 Å². The molecule has 0 bridgehead atoms. The van der Waals surface area contributed by atoms with Crippen molar-refractivity contribution in [3.05, 3.63) is 99.0 Å². The molecule has 4 aromatic rings. The topological polar surface area (TPSA) is 57.8 Å². The highest BCUT2D eigenvalue weighted by Crippen LogP contribution is 2.31. The summed E-state index contributed by atoms with van der Waals surface area (Å²) < 4.78 is 0. The molecule has 0 aliphatic rings. The van der Waals surface area contributed by atoms with Gasteiger partial charge in [0.05, 0.1) is 16.4 Å². The largest absolute Gasteiger partial charge is 0.352 e. The monoisotopic (exact) mass is 469 g/mol. The number of amides is 1. The summed E-state index contributed by atoms with van der Waals surface area (Å²) in [5, 5.41) is 12.1. The minimum atomic E-state index is -0.121. The average Bonchev–Trinajstić information content (AvgIpc) is 3.24. The molecule has 0 aliphatic carbocycles. The van der Waals surface area contributed by atoms with Crippen molar-refractivity contribution in [2.75, 3.05) is 6.54 Å². The lowest BCUT2D eigenvalue weighted by molar-refractivity contribution is 0.0954. The molecule has 0 unspecified atom stereocenters. The van der Waals surface area contributed by atoms with Crippen molar-refractivity contribution in [3.8, 4) is 22.5 Å². The Morgan fingerprint density at radius 1 is 0.903 bits per heavy atom. The van der Waals surface area contributed by atoms with Crippen LogP contribution in [0.1, 0.15) is 15.9 Å². The second-order valence-corrected chi connectivity index (χ2v) is 8.28. The quantitative estimate of drug-likeness (QED) is 0.330. The van der Waals surface area contributed by atoms with Gasteiger partial charge in [0.25, 0.3) is 5.91 Å². The zero-order valence-corrected chi connectivity index (χ0v) is 18.6. The van der Waals surface area contributed by atoms with E-state index in [4.69, 9.17) is 34.8 Å². The summed E-state index contributed by atoms with van der Waals surface area (Å²) >= 11 is 18.2. The van der Waals surface area contributed by atoms with Crippen LogP contribution in [0.25, 0.3) is 22.5 Å². The van der Waals surface area contributed by atoms with Crippen LogP contribution in [-0.2, 0) is 6.42 Å². The minimum absolute atomic E-state index is 0.121. The first-order valence-corrected chi connectivity index (χ1v) is 10.8. The Morgan fingerprint density at radius 2 is 1.68 bits per heavy atom. The molecule has 0 spiro atoms. The van der Waals surface area contributed by atoms with Crippen molar-refractivity contribution in [2.45, 2.75) is 6.42 Å². The molecule has 0 atom stereocenters. The Kier molecular flexibility index (Phi) is 6.62. The molecule has 0 saturated carbocycles. The number of rotatable bonds is 6. The fraction of sp³-hybridized carbons (Fsp3) is 0.0833. The number of nitrogens with one attached hydrogen (secondary N) is 2. The maximum atomic E-state index is 12.4. The fourth-order valence-corrected chi connectivity index (χ4v) is 3.95. The van der Waals surface area contributed by atoms with Gasteiger partial charge < -0.3 is 5.32 Å². The van der Waals surface area contributed by atoms with Gasteiger partial charge in [0.1, 0.15) is 0 Å². The molecular formula is C24H18Cl3N3O. The lowest BCUT2D eigenvalue weighted by atomic mass is 10.1. The van der Waals surface area contributed by atoms with Crippen LogP contribution in [0.3, 0.4) is 0 Å². The molecule has 4 rings (SSSR count). The number of carbonyl (C=O) groups is 1. The number of aromatic nitrogens is 2. The van der Waals surface area contributed by atoms with E-state index in [1.807, 2.05) is 48.5 Å². The van der Waals surface area contributed by atoms with Crippen molar-refractivity contribution in [1.82, 2.24) is 15.5 Å². The summed E-state index contributed by atoms with van der Waals surface area (Å²) in [6.07, 6.45) is 0.716. The normalized spacial score (nSPS) is 10.8. The predicted molar refractivity (Wildman–Crippen MR) is 127 cm³/mol. The SMILES string of the molecule is O=C(NCCc1cccc(Cl)c1)c1ccc(-c2cc(-c3ccc(Cl)cc3Cl)[nH]n2)cc1. The lowest BCUT2D eigenvalue weighted by Gasteiger charge is -2.06. The summed E-state index contributed by atoms with van der Waals surface area (Å²) in [7, 11) is 0. The molecule has 1 aromatic heterocycles. The maximum Gasteiger partial charge on any atom is 0.251 e. The Balaban J connectivity index is 1.40. The second-order valence-electron chi connectivity index (χ2n) is 7.00. The molecule has 7 heteroatoms. The lowest BCUT2D eigenvalue weighted by Crippen LogP contribution is -2.25. The molecule has 0 radical (unpaired) electrons. The summed E-state index contributed by atoms with van der Waals surface area (Å²) in [5.74, 6) is -0.121. The number of H-pyrrole nitrogens is 1. The van der Waals surface area contributed by atoms with Gasteiger partial charge in [0.15, 0.2) is 0 Å². The van der Waals surface area contributed by atoms with Crippen LogP contribution in [0.5, 0.6) is 0 Å². The molecule has 4 nitrogen and oxygen atoms in total. The molecule has 2 N–H and O–H groups in total. The van der Waals surface area contributed by atoms with E-state index in [1.165, 1.54) is 0 Å². The van der Waals surface area contributed by atoms with Crippen LogP contribution in [0.2, 0.25) is 15.1 Å². The highest BCUT2D eigenvalue weighted by molar-refractivity contribution is 6.36. The summed E-state index contributed by atoms with van der Waals surface area (Å²) in [4.78, 5) is 12.4. The number of nitrogens with zero attached hydrogens (tertiary/aromatic N) is 1. The number of hydrogen-bond donors (Lipinski definition) is 2. The smallest absolute Gasteiger partial charge is 0.251 e. The first kappa shape index (κ1) is 21.4. The molecule has 31 heavy (non-hydrogen) atoms. The predicted octanol–water partition coefficient (Wildman–Crippen LogP) is 6.68. The van der Waals surface area contributed by atoms with Gasteiger partial charge in [-0.25, -0.2) is 0 Å². The molecule has 1 heterocycles. The van der Waals surface area contributed by atoms with E-state index in [2.05, 4.69) is 15.5 Å². The van der Waals surface area contributed by atoms with Gasteiger partial charge in [0.2, 0.25) is 0 Å². The average molecular weight is 471 g/mol. The van der Waals surface area contributed by atoms with Crippen molar-refractivity contribution < 1.29 is 4.79 Å². The Labute approximate surface area is 195 Å². The number of hydrogen-bond acceptors (Lipinski definition) is 2. The van der Waals surface area contributed by atoms with E-state index in [1.54, 1.807) is 24.3 Å². The Hall–Kier alpha value is -2.79. The molecule has 3 aromatic carbocycles. The van der Waals surface area contributed by atoms with Crippen LogP contribution >= 0.6 is 34.8 Å². The molecule has 156 valence electrons. The van der Waals surface area contributed by atoms with Gasteiger partial charge in [-0.3, -0.25) is 9.89 Å². The minimum Gasteiger partial charge on any atom is -0.352 e. The zero-order valence-electron chi connectivity index (χ0n) is 16.3. The van der Waals surface area contributed by atoms with Gasteiger partial charge in [-0.1, -0.05) is 59.1 Å². The standard InChI is InChI=1S/C24H18Cl3N3O/c25-18-3-1-2-15(12-18)10-11-28-24(31)17-6-4-16(5-7-17)22-14-23(30-29-22)20-9-8-19(26)13-21(20)27/h1-9,12-14H,10-11H2,(H,28,31)(H,29,30). The molecule has 0 aliphatic heterocycles. The first-order chi connectivity index (χ1) is 15.0. The van der Waals surface area contributed by atoms with E-state index < -0.39 is 0 Å². The van der Waals surface area contributed by atoms with Crippen LogP contribution in [0.15, 0.2) is 72.8 Å². The van der Waals surface area contributed by atoms with Crippen molar-refractivity contribution in [3.63, 3.8) is 0 Å². The summed E-state index contributed by atoms with van der Waals surface area (Å²) in [6.45, 7) is 0.533. The highest BCUT2D eigenvalue weighted by atomic mass is 35.5. The van der Waals surface area contributed by atoms with E-state index >= 15 is 0 Å². The van der Waals surface area contributed by atoms with Gasteiger partial charge in [-0.05, 0) is 60.5 Å². The summed E-state index contributed by atoms with van der Waals surface area (Å²) in [6, 6.07) is 22.2. The molecule has 0 fully saturated rings. The zero-order chi connectivity index (χ0) is 21.8. The molecule has 0 saturated heterocycles. The number of benzene rings is 3. The molecule has 1 amide bonds. The third-order valence-electron chi connectivity index (χ3n) is 4.83. The van der Waals surface area contributed by atoms with Crippen LogP contribution in [0.4, 0.5) is 0 Å². The number of halogens is 3. The van der Waals surface area contributed by atoms with Crippen LogP contribution in [0, 0.1) is 0 Å². The number of carbonyl (C=O) groups excluding carboxylic acids is 1. The van der Waals surface area contributed by atoms with Crippen molar-refractivity contribution >= 4 is 40.7 Å². The van der Waals surface area contributed by atoms with E-state index in [-0.39, 0.29) is 5.91 Å². The van der Waals surface area contributed by atoms with E-state index in [0.717, 1.165) is 28.1 Å². The van der Waals surface area contributed by atoms with Gasteiger partial charge in [-0.2, -0.15) is 5.10 Å². The Bertz CT molecular complexity index is 1220. The van der Waals surface area contributed by atoms with Gasteiger partial charge in [-0.15, -0.1) is 0 Å². The summed E-state index contributed by atoms with van der Waals surface area (Å²) in [5.41, 5.74) is 4.93. The van der Waals surface area contributed by atoms with Gasteiger partial charge >= 0.3 is 0 Å². The van der Waals surface area contributed by atoms with Crippen molar-refractivity contribution in [2.24, 2.45) is 0 Å². The van der Waals surface area contributed by atoms with Gasteiger partial charge in [0, 0.05) is 33.3 Å². The number of aromatic amines is 1.